The van der Waals surface area contributed by atoms with Crippen molar-refractivity contribution in [2.45, 2.75) is 26.7 Å². The van der Waals surface area contributed by atoms with Gasteiger partial charge in [0, 0.05) is 21.9 Å². The van der Waals surface area contributed by atoms with E-state index in [-0.39, 0.29) is 5.91 Å². The number of anilines is 1. The van der Waals surface area contributed by atoms with Crippen LogP contribution in [0.25, 0.3) is 11.3 Å². The molecule has 0 saturated heterocycles. The molecular formula is C21H21ClN2O2S. The largest absolute Gasteiger partial charge is 0.494 e. The first-order chi connectivity index (χ1) is 13.0. The summed E-state index contributed by atoms with van der Waals surface area (Å²) in [7, 11) is 0. The van der Waals surface area contributed by atoms with E-state index >= 15 is 0 Å². The highest BCUT2D eigenvalue weighted by Gasteiger charge is 2.12. The number of carbonyl (C=O) groups is 1. The Hall–Kier alpha value is -2.37. The Morgan fingerprint density at radius 2 is 1.96 bits per heavy atom. The van der Waals surface area contributed by atoms with Crippen LogP contribution in [-0.2, 0) is 4.79 Å². The van der Waals surface area contributed by atoms with Crippen molar-refractivity contribution < 1.29 is 9.53 Å². The molecule has 3 rings (SSSR count). The molecule has 27 heavy (non-hydrogen) atoms. The minimum atomic E-state index is -0.0563. The van der Waals surface area contributed by atoms with E-state index in [9.17, 15) is 4.79 Å². The molecule has 0 radical (unpaired) electrons. The summed E-state index contributed by atoms with van der Waals surface area (Å²) >= 11 is 7.41. The molecule has 1 aromatic heterocycles. The van der Waals surface area contributed by atoms with Crippen LogP contribution in [0.2, 0.25) is 5.02 Å². The lowest BCUT2D eigenvalue weighted by Gasteiger charge is -2.06. The van der Waals surface area contributed by atoms with Crippen molar-refractivity contribution in [2.75, 3.05) is 11.9 Å². The van der Waals surface area contributed by atoms with Crippen LogP contribution in [0.1, 0.15) is 23.3 Å². The smallest absolute Gasteiger partial charge is 0.226 e. The maximum absolute atomic E-state index is 12.2. The third-order valence-corrected chi connectivity index (χ3v) is 5.11. The van der Waals surface area contributed by atoms with E-state index in [0.717, 1.165) is 27.4 Å². The Kier molecular flexibility index (Phi) is 6.48. The molecule has 0 fully saturated rings. The Bertz CT molecular complexity index is 922. The fraction of sp³-hybridized carbons (Fsp3) is 0.238. The number of ether oxygens (including phenoxy) is 1. The molecule has 3 aromatic rings. The third-order valence-electron chi connectivity index (χ3n) is 3.97. The molecule has 1 amide bonds. The van der Waals surface area contributed by atoms with Crippen LogP contribution in [0.15, 0.2) is 48.5 Å². The van der Waals surface area contributed by atoms with Gasteiger partial charge in [-0.25, -0.2) is 4.98 Å². The zero-order chi connectivity index (χ0) is 19.2. The number of carbonyl (C=O) groups excluding carboxylic acids is 1. The summed E-state index contributed by atoms with van der Waals surface area (Å²) in [5.41, 5.74) is 3.01. The van der Waals surface area contributed by atoms with Crippen molar-refractivity contribution in [3.05, 3.63) is 64.0 Å². The number of thiazole rings is 1. The number of rotatable bonds is 7. The van der Waals surface area contributed by atoms with E-state index in [2.05, 4.69) is 10.3 Å². The first-order valence-electron chi connectivity index (χ1n) is 8.74. The second-order valence-electron chi connectivity index (χ2n) is 6.25. The van der Waals surface area contributed by atoms with Gasteiger partial charge < -0.3 is 10.1 Å². The average molecular weight is 401 g/mol. The average Bonchev–Trinajstić information content (AvgIpc) is 2.99. The van der Waals surface area contributed by atoms with Crippen LogP contribution in [-0.4, -0.2) is 17.5 Å². The molecule has 0 spiro atoms. The molecule has 1 N–H and O–H groups in total. The van der Waals surface area contributed by atoms with Gasteiger partial charge in [-0.05, 0) is 50.1 Å². The normalized spacial score (nSPS) is 10.6. The van der Waals surface area contributed by atoms with Gasteiger partial charge in [0.15, 0.2) is 5.13 Å². The number of nitrogens with zero attached hydrogens (tertiary/aromatic N) is 1. The van der Waals surface area contributed by atoms with Gasteiger partial charge >= 0.3 is 0 Å². The minimum Gasteiger partial charge on any atom is -0.494 e. The summed E-state index contributed by atoms with van der Waals surface area (Å²) in [5, 5.41) is 4.18. The molecule has 6 heteroatoms. The molecule has 2 aromatic carbocycles. The number of aryl methyl sites for hydroxylation is 2. The number of hydrogen-bond acceptors (Lipinski definition) is 4. The van der Waals surface area contributed by atoms with Crippen molar-refractivity contribution in [3.8, 4) is 17.0 Å². The summed E-state index contributed by atoms with van der Waals surface area (Å²) in [6.07, 6.45) is 1.04. The number of hydrogen-bond donors (Lipinski definition) is 1. The molecule has 0 atom stereocenters. The van der Waals surface area contributed by atoms with Crippen molar-refractivity contribution in [1.82, 2.24) is 4.98 Å². The second kappa shape index (κ2) is 9.02. The molecular weight excluding hydrogens is 380 g/mol. The number of nitrogens with one attached hydrogen (secondary N) is 1. The van der Waals surface area contributed by atoms with Gasteiger partial charge in [0.25, 0.3) is 0 Å². The third kappa shape index (κ3) is 5.55. The molecule has 4 nitrogen and oxygen atoms in total. The van der Waals surface area contributed by atoms with Gasteiger partial charge in [0.1, 0.15) is 5.75 Å². The van der Waals surface area contributed by atoms with E-state index < -0.39 is 0 Å². The molecule has 140 valence electrons. The number of aromatic nitrogens is 1. The molecule has 1 heterocycles. The lowest BCUT2D eigenvalue weighted by molar-refractivity contribution is -0.116. The monoisotopic (exact) mass is 400 g/mol. The Balaban J connectivity index is 1.49. The van der Waals surface area contributed by atoms with Crippen LogP contribution in [0.5, 0.6) is 5.75 Å². The Labute approximate surface area is 168 Å². The molecule has 0 aliphatic heterocycles. The van der Waals surface area contributed by atoms with Crippen molar-refractivity contribution in [3.63, 3.8) is 0 Å². The molecule has 0 unspecified atom stereocenters. The highest BCUT2D eigenvalue weighted by Crippen LogP contribution is 2.31. The van der Waals surface area contributed by atoms with E-state index in [1.807, 2.05) is 62.4 Å². The molecule has 0 aliphatic rings. The molecule has 0 bridgehead atoms. The second-order valence-corrected chi connectivity index (χ2v) is 7.89. The summed E-state index contributed by atoms with van der Waals surface area (Å²) in [4.78, 5) is 17.8. The number of benzene rings is 2. The van der Waals surface area contributed by atoms with Gasteiger partial charge in [-0.3, -0.25) is 4.79 Å². The van der Waals surface area contributed by atoms with Crippen LogP contribution < -0.4 is 10.1 Å². The van der Waals surface area contributed by atoms with Crippen LogP contribution in [0.3, 0.4) is 0 Å². The maximum Gasteiger partial charge on any atom is 0.226 e. The summed E-state index contributed by atoms with van der Waals surface area (Å²) in [5.74, 6) is 0.776. The SMILES string of the molecule is Cc1cccc(OCCCC(=O)Nc2nc(-c3ccc(Cl)cc3)c(C)s2)c1. The van der Waals surface area contributed by atoms with Crippen molar-refractivity contribution in [2.24, 2.45) is 0 Å². The van der Waals surface area contributed by atoms with Crippen molar-refractivity contribution in [1.29, 1.82) is 0 Å². The predicted octanol–water partition coefficient (Wildman–Crippen LogP) is 5.88. The topological polar surface area (TPSA) is 51.2 Å². The zero-order valence-electron chi connectivity index (χ0n) is 15.3. The van der Waals surface area contributed by atoms with Crippen molar-refractivity contribution >= 4 is 34.0 Å². The highest BCUT2D eigenvalue weighted by atomic mass is 35.5. The molecule has 0 saturated carbocycles. The predicted molar refractivity (Wildman–Crippen MR) is 112 cm³/mol. The maximum atomic E-state index is 12.2. The minimum absolute atomic E-state index is 0.0563. The lowest BCUT2D eigenvalue weighted by atomic mass is 10.1. The van der Waals surface area contributed by atoms with E-state index in [1.165, 1.54) is 11.3 Å². The summed E-state index contributed by atoms with van der Waals surface area (Å²) in [6, 6.07) is 15.4. The van der Waals surface area contributed by atoms with Crippen LogP contribution >= 0.6 is 22.9 Å². The summed E-state index contributed by atoms with van der Waals surface area (Å²) < 4.78 is 5.67. The first kappa shape index (κ1) is 19.4. The van der Waals surface area contributed by atoms with Gasteiger partial charge in [-0.1, -0.05) is 35.9 Å². The van der Waals surface area contributed by atoms with Crippen LogP contribution in [0.4, 0.5) is 5.13 Å². The Morgan fingerprint density at radius 1 is 1.19 bits per heavy atom. The first-order valence-corrected chi connectivity index (χ1v) is 9.93. The van der Waals surface area contributed by atoms with Crippen LogP contribution in [0, 0.1) is 13.8 Å². The van der Waals surface area contributed by atoms with Gasteiger partial charge in [0.2, 0.25) is 5.91 Å². The number of halogens is 1. The quantitative estimate of drug-likeness (QED) is 0.504. The van der Waals surface area contributed by atoms with Gasteiger partial charge in [-0.15, -0.1) is 11.3 Å². The van der Waals surface area contributed by atoms with Gasteiger partial charge in [0.05, 0.1) is 12.3 Å². The standard InChI is InChI=1S/C21H21ClN2O2S/c1-14-5-3-6-18(13-14)26-12-4-7-19(25)23-21-24-20(15(2)27-21)16-8-10-17(22)11-9-16/h3,5-6,8-11,13H,4,7,12H2,1-2H3,(H,23,24,25). The highest BCUT2D eigenvalue weighted by molar-refractivity contribution is 7.16. The number of amides is 1. The zero-order valence-corrected chi connectivity index (χ0v) is 16.9. The van der Waals surface area contributed by atoms with Gasteiger partial charge in [-0.2, -0.15) is 0 Å². The fourth-order valence-corrected chi connectivity index (χ4v) is 3.61. The van der Waals surface area contributed by atoms with E-state index in [0.29, 0.717) is 29.6 Å². The lowest BCUT2D eigenvalue weighted by Crippen LogP contribution is -2.12. The summed E-state index contributed by atoms with van der Waals surface area (Å²) in [6.45, 7) is 4.52. The Morgan fingerprint density at radius 3 is 2.70 bits per heavy atom. The van der Waals surface area contributed by atoms with E-state index in [1.54, 1.807) is 0 Å². The van der Waals surface area contributed by atoms with E-state index in [4.69, 9.17) is 16.3 Å². The fourth-order valence-electron chi connectivity index (χ4n) is 2.64. The molecule has 0 aliphatic carbocycles.